The van der Waals surface area contributed by atoms with Crippen LogP contribution in [0.15, 0.2) is 24.5 Å². The van der Waals surface area contributed by atoms with Crippen molar-refractivity contribution in [3.8, 4) is 0 Å². The Balaban J connectivity index is 2.49. The molecule has 21 heavy (non-hydrogen) atoms. The first-order chi connectivity index (χ1) is 9.90. The fourth-order valence-corrected chi connectivity index (χ4v) is 2.04. The lowest BCUT2D eigenvalue weighted by molar-refractivity contribution is -0.383. The van der Waals surface area contributed by atoms with Gasteiger partial charge < -0.3 is 10.2 Å². The van der Waals surface area contributed by atoms with Crippen molar-refractivity contribution in [3.05, 3.63) is 45.8 Å². The Morgan fingerprint density at radius 3 is 2.52 bits per heavy atom. The summed E-state index contributed by atoms with van der Waals surface area (Å²) >= 11 is 0. The number of aryl methyl sites for hydroxylation is 2. The van der Waals surface area contributed by atoms with Crippen LogP contribution in [0.2, 0.25) is 0 Å². The Morgan fingerprint density at radius 1 is 1.24 bits per heavy atom. The van der Waals surface area contributed by atoms with Gasteiger partial charge in [-0.25, -0.2) is 9.97 Å². The summed E-state index contributed by atoms with van der Waals surface area (Å²) in [4.78, 5) is 20.4. The van der Waals surface area contributed by atoms with Gasteiger partial charge in [0.2, 0.25) is 11.6 Å². The summed E-state index contributed by atoms with van der Waals surface area (Å²) in [6.07, 6.45) is 1.31. The van der Waals surface area contributed by atoms with Crippen LogP contribution in [0.3, 0.4) is 0 Å². The summed E-state index contributed by atoms with van der Waals surface area (Å²) in [7, 11) is 3.41. The summed E-state index contributed by atoms with van der Waals surface area (Å²) in [6.45, 7) is 3.93. The maximum Gasteiger partial charge on any atom is 0.353 e. The van der Waals surface area contributed by atoms with Crippen molar-refractivity contribution in [1.82, 2.24) is 9.97 Å². The van der Waals surface area contributed by atoms with E-state index in [0.717, 1.165) is 16.8 Å². The number of aromatic nitrogens is 2. The van der Waals surface area contributed by atoms with E-state index in [1.165, 1.54) is 6.33 Å². The molecule has 0 bridgehead atoms. The Kier molecular flexibility index (Phi) is 4.02. The van der Waals surface area contributed by atoms with Gasteiger partial charge in [-0.1, -0.05) is 17.7 Å². The monoisotopic (exact) mass is 287 g/mol. The molecular formula is C14H17N5O2. The van der Waals surface area contributed by atoms with Gasteiger partial charge in [0.15, 0.2) is 0 Å². The molecule has 1 aromatic heterocycles. The second-order valence-electron chi connectivity index (χ2n) is 4.99. The third kappa shape index (κ3) is 3.07. The summed E-state index contributed by atoms with van der Waals surface area (Å²) in [6, 6.07) is 5.82. The molecule has 0 aliphatic heterocycles. The molecule has 0 aliphatic rings. The van der Waals surface area contributed by atoms with Gasteiger partial charge in [-0.3, -0.25) is 10.1 Å². The fourth-order valence-electron chi connectivity index (χ4n) is 2.04. The minimum atomic E-state index is -0.471. The van der Waals surface area contributed by atoms with E-state index in [4.69, 9.17) is 0 Å². The molecule has 110 valence electrons. The minimum Gasteiger partial charge on any atom is -0.357 e. The number of hydrogen-bond donors (Lipinski definition) is 1. The first-order valence-electron chi connectivity index (χ1n) is 6.41. The van der Waals surface area contributed by atoms with Gasteiger partial charge >= 0.3 is 5.69 Å². The van der Waals surface area contributed by atoms with Crippen molar-refractivity contribution in [1.29, 1.82) is 0 Å². The van der Waals surface area contributed by atoms with Gasteiger partial charge in [-0.05, 0) is 25.5 Å². The SMILES string of the molecule is Cc1ccc(Nc2ncnc(N(C)C)c2[N+](=O)[O-])c(C)c1. The molecule has 0 saturated carbocycles. The van der Waals surface area contributed by atoms with E-state index >= 15 is 0 Å². The molecule has 0 aliphatic carbocycles. The zero-order chi connectivity index (χ0) is 15.6. The van der Waals surface area contributed by atoms with Crippen molar-refractivity contribution >= 4 is 23.0 Å². The highest BCUT2D eigenvalue weighted by Gasteiger charge is 2.24. The van der Waals surface area contributed by atoms with E-state index < -0.39 is 4.92 Å². The molecule has 2 rings (SSSR count). The lowest BCUT2D eigenvalue weighted by Crippen LogP contribution is -2.14. The molecule has 0 unspecified atom stereocenters. The van der Waals surface area contributed by atoms with Gasteiger partial charge in [0, 0.05) is 19.8 Å². The third-order valence-electron chi connectivity index (χ3n) is 3.04. The van der Waals surface area contributed by atoms with E-state index in [1.807, 2.05) is 32.0 Å². The summed E-state index contributed by atoms with van der Waals surface area (Å²) < 4.78 is 0. The molecule has 2 aromatic rings. The number of anilines is 3. The van der Waals surface area contributed by atoms with Crippen LogP contribution in [0.1, 0.15) is 11.1 Å². The van der Waals surface area contributed by atoms with Crippen LogP contribution in [0, 0.1) is 24.0 Å². The third-order valence-corrected chi connectivity index (χ3v) is 3.04. The van der Waals surface area contributed by atoms with Crippen LogP contribution in [0.25, 0.3) is 0 Å². The molecule has 0 spiro atoms. The topological polar surface area (TPSA) is 84.2 Å². The molecule has 0 radical (unpaired) electrons. The van der Waals surface area contributed by atoms with Crippen molar-refractivity contribution in [3.63, 3.8) is 0 Å². The molecule has 7 nitrogen and oxygen atoms in total. The normalized spacial score (nSPS) is 10.3. The average molecular weight is 287 g/mol. The van der Waals surface area contributed by atoms with E-state index in [9.17, 15) is 10.1 Å². The van der Waals surface area contributed by atoms with Gasteiger partial charge in [-0.15, -0.1) is 0 Å². The molecule has 7 heteroatoms. The highest BCUT2D eigenvalue weighted by Crippen LogP contribution is 2.33. The second-order valence-corrected chi connectivity index (χ2v) is 4.99. The van der Waals surface area contributed by atoms with Crippen LogP contribution in [0.4, 0.5) is 23.0 Å². The Hall–Kier alpha value is -2.70. The fraction of sp³-hybridized carbons (Fsp3) is 0.286. The summed E-state index contributed by atoms with van der Waals surface area (Å²) in [5.41, 5.74) is 2.77. The zero-order valence-corrected chi connectivity index (χ0v) is 12.4. The van der Waals surface area contributed by atoms with Crippen molar-refractivity contribution in [2.24, 2.45) is 0 Å². The molecule has 1 N–H and O–H groups in total. The highest BCUT2D eigenvalue weighted by atomic mass is 16.6. The lowest BCUT2D eigenvalue weighted by atomic mass is 10.1. The minimum absolute atomic E-state index is 0.137. The highest BCUT2D eigenvalue weighted by molar-refractivity contribution is 5.75. The Labute approximate surface area is 122 Å². The molecule has 1 heterocycles. The smallest absolute Gasteiger partial charge is 0.353 e. The predicted octanol–water partition coefficient (Wildman–Crippen LogP) is 2.81. The van der Waals surface area contributed by atoms with Crippen LogP contribution < -0.4 is 10.2 Å². The van der Waals surface area contributed by atoms with E-state index in [1.54, 1.807) is 19.0 Å². The Bertz CT molecular complexity index is 685. The number of benzene rings is 1. The number of nitro groups is 1. The quantitative estimate of drug-likeness (QED) is 0.687. The number of nitrogens with zero attached hydrogens (tertiary/aromatic N) is 4. The number of nitrogens with one attached hydrogen (secondary N) is 1. The predicted molar refractivity (Wildman–Crippen MR) is 82.2 cm³/mol. The van der Waals surface area contributed by atoms with Gasteiger partial charge in [-0.2, -0.15) is 0 Å². The summed E-state index contributed by atoms with van der Waals surface area (Å²) in [5, 5.41) is 14.4. The number of hydrogen-bond acceptors (Lipinski definition) is 6. The maximum absolute atomic E-state index is 11.3. The first kappa shape index (κ1) is 14.7. The first-order valence-corrected chi connectivity index (χ1v) is 6.41. The average Bonchev–Trinajstić information content (AvgIpc) is 2.41. The van der Waals surface area contributed by atoms with Gasteiger partial charge in [0.25, 0.3) is 0 Å². The lowest BCUT2D eigenvalue weighted by Gasteiger charge is -2.14. The second kappa shape index (κ2) is 5.74. The molecule has 1 aromatic carbocycles. The molecular weight excluding hydrogens is 270 g/mol. The standard InChI is InChI=1S/C14H17N5O2/c1-9-5-6-11(10(2)7-9)17-13-12(19(20)21)14(18(3)4)16-8-15-13/h5-8H,1-4H3,(H,15,16,17). The van der Waals surface area contributed by atoms with Crippen molar-refractivity contribution in [2.45, 2.75) is 13.8 Å². The van der Waals surface area contributed by atoms with E-state index in [-0.39, 0.29) is 17.3 Å². The van der Waals surface area contributed by atoms with Crippen molar-refractivity contribution < 1.29 is 4.92 Å². The zero-order valence-electron chi connectivity index (χ0n) is 12.4. The molecule has 0 amide bonds. The summed E-state index contributed by atoms with van der Waals surface area (Å²) in [5.74, 6) is 0.452. The van der Waals surface area contributed by atoms with E-state index in [0.29, 0.717) is 0 Å². The van der Waals surface area contributed by atoms with Gasteiger partial charge in [0.05, 0.1) is 4.92 Å². The van der Waals surface area contributed by atoms with E-state index in [2.05, 4.69) is 15.3 Å². The largest absolute Gasteiger partial charge is 0.357 e. The number of rotatable bonds is 4. The maximum atomic E-state index is 11.3. The van der Waals surface area contributed by atoms with Gasteiger partial charge in [0.1, 0.15) is 6.33 Å². The van der Waals surface area contributed by atoms with Crippen molar-refractivity contribution in [2.75, 3.05) is 24.3 Å². The molecule has 0 atom stereocenters. The van der Waals surface area contributed by atoms with Crippen LogP contribution in [-0.2, 0) is 0 Å². The van der Waals surface area contributed by atoms with Crippen LogP contribution in [-0.4, -0.2) is 29.0 Å². The van der Waals surface area contributed by atoms with Crippen LogP contribution >= 0.6 is 0 Å². The Morgan fingerprint density at radius 2 is 1.95 bits per heavy atom. The molecule has 0 saturated heterocycles. The molecule has 0 fully saturated rings. The van der Waals surface area contributed by atoms with Crippen LogP contribution in [0.5, 0.6) is 0 Å².